The predicted molar refractivity (Wildman–Crippen MR) is 91.2 cm³/mol. The van der Waals surface area contributed by atoms with Gasteiger partial charge in [0.15, 0.2) is 0 Å². The molecule has 2 aromatic carbocycles. The molecule has 1 atom stereocenters. The van der Waals surface area contributed by atoms with Crippen LogP contribution in [0.25, 0.3) is 0 Å². The van der Waals surface area contributed by atoms with Crippen molar-refractivity contribution in [2.24, 2.45) is 0 Å². The average Bonchev–Trinajstić information content (AvgIpc) is 2.37. The van der Waals surface area contributed by atoms with Crippen molar-refractivity contribution in [3.05, 3.63) is 62.5 Å². The van der Waals surface area contributed by atoms with Crippen LogP contribution >= 0.6 is 39.1 Å². The van der Waals surface area contributed by atoms with Crippen LogP contribution in [0.1, 0.15) is 18.5 Å². The number of benzene rings is 2. The number of carbonyl (C=O) groups excluding carboxylic acids is 1. The fourth-order valence-corrected chi connectivity index (χ4v) is 2.79. The van der Waals surface area contributed by atoms with Gasteiger partial charge in [0.05, 0.1) is 6.04 Å². The summed E-state index contributed by atoms with van der Waals surface area (Å²) in [7, 11) is 0. The Labute approximate surface area is 141 Å². The van der Waals surface area contributed by atoms with Crippen molar-refractivity contribution in [3.63, 3.8) is 0 Å². The number of halogens is 3. The standard InChI is InChI=1S/C15H13BrCl2N2O/c1-9(10-3-2-4-11(16)5-10)19-15(21)20-14-7-12(17)6-13(18)8-14/h2-9H,1H3,(H2,19,20,21). The molecule has 2 rings (SSSR count). The maximum Gasteiger partial charge on any atom is 0.319 e. The summed E-state index contributed by atoms with van der Waals surface area (Å²) in [4.78, 5) is 12.0. The Balaban J connectivity index is 2.01. The van der Waals surface area contributed by atoms with Crippen LogP contribution in [0.4, 0.5) is 10.5 Å². The summed E-state index contributed by atoms with van der Waals surface area (Å²) in [6.45, 7) is 1.91. The lowest BCUT2D eigenvalue weighted by atomic mass is 10.1. The van der Waals surface area contributed by atoms with E-state index >= 15 is 0 Å². The molecule has 0 saturated carbocycles. The van der Waals surface area contributed by atoms with E-state index in [0.717, 1.165) is 10.0 Å². The van der Waals surface area contributed by atoms with Crippen LogP contribution < -0.4 is 10.6 Å². The van der Waals surface area contributed by atoms with Crippen molar-refractivity contribution in [1.82, 2.24) is 5.32 Å². The number of rotatable bonds is 3. The molecule has 0 aromatic heterocycles. The third-order valence-corrected chi connectivity index (χ3v) is 3.75. The molecule has 110 valence electrons. The largest absolute Gasteiger partial charge is 0.331 e. The normalized spacial score (nSPS) is 11.8. The van der Waals surface area contributed by atoms with Crippen LogP contribution in [-0.4, -0.2) is 6.03 Å². The van der Waals surface area contributed by atoms with Gasteiger partial charge in [-0.15, -0.1) is 0 Å². The molecule has 3 nitrogen and oxygen atoms in total. The molecule has 1 unspecified atom stereocenters. The molecular weight excluding hydrogens is 375 g/mol. The topological polar surface area (TPSA) is 41.1 Å². The fraction of sp³-hybridized carbons (Fsp3) is 0.133. The van der Waals surface area contributed by atoms with Crippen molar-refractivity contribution in [1.29, 1.82) is 0 Å². The van der Waals surface area contributed by atoms with Crippen LogP contribution in [0.2, 0.25) is 10.0 Å². The smallest absolute Gasteiger partial charge is 0.319 e. The number of amides is 2. The van der Waals surface area contributed by atoms with Gasteiger partial charge in [-0.2, -0.15) is 0 Å². The van der Waals surface area contributed by atoms with Gasteiger partial charge in [0.1, 0.15) is 0 Å². The molecule has 2 N–H and O–H groups in total. The highest BCUT2D eigenvalue weighted by Gasteiger charge is 2.10. The Morgan fingerprint density at radius 3 is 2.43 bits per heavy atom. The molecule has 2 aromatic rings. The van der Waals surface area contributed by atoms with E-state index in [1.54, 1.807) is 18.2 Å². The van der Waals surface area contributed by atoms with Crippen LogP contribution in [0.5, 0.6) is 0 Å². The van der Waals surface area contributed by atoms with E-state index in [4.69, 9.17) is 23.2 Å². The molecule has 6 heteroatoms. The van der Waals surface area contributed by atoms with Gasteiger partial charge < -0.3 is 10.6 Å². The highest BCUT2D eigenvalue weighted by molar-refractivity contribution is 9.10. The van der Waals surface area contributed by atoms with Gasteiger partial charge in [0, 0.05) is 20.2 Å². The zero-order valence-electron chi connectivity index (χ0n) is 11.2. The van der Waals surface area contributed by atoms with Crippen molar-refractivity contribution in [2.75, 3.05) is 5.32 Å². The first-order valence-corrected chi connectivity index (χ1v) is 7.78. The minimum Gasteiger partial charge on any atom is -0.331 e. The first-order chi connectivity index (χ1) is 9.94. The summed E-state index contributed by atoms with van der Waals surface area (Å²) >= 11 is 15.2. The van der Waals surface area contributed by atoms with E-state index in [0.29, 0.717) is 15.7 Å². The number of anilines is 1. The van der Waals surface area contributed by atoms with E-state index in [9.17, 15) is 4.79 Å². The summed E-state index contributed by atoms with van der Waals surface area (Å²) in [6.07, 6.45) is 0. The summed E-state index contributed by atoms with van der Waals surface area (Å²) < 4.78 is 0.968. The third kappa shape index (κ3) is 4.92. The van der Waals surface area contributed by atoms with Crippen LogP contribution in [0.15, 0.2) is 46.9 Å². The maximum absolute atomic E-state index is 12.0. The number of hydrogen-bond acceptors (Lipinski definition) is 1. The third-order valence-electron chi connectivity index (χ3n) is 2.82. The molecule has 0 spiro atoms. The summed E-state index contributed by atoms with van der Waals surface area (Å²) in [5.74, 6) is 0. The highest BCUT2D eigenvalue weighted by atomic mass is 79.9. The fourth-order valence-electron chi connectivity index (χ4n) is 1.85. The summed E-state index contributed by atoms with van der Waals surface area (Å²) in [6, 6.07) is 12.2. The van der Waals surface area contributed by atoms with E-state index in [-0.39, 0.29) is 12.1 Å². The zero-order valence-corrected chi connectivity index (χ0v) is 14.3. The molecule has 0 radical (unpaired) electrons. The van der Waals surface area contributed by atoms with Gasteiger partial charge in [0.25, 0.3) is 0 Å². The molecule has 0 fully saturated rings. The Morgan fingerprint density at radius 2 is 1.81 bits per heavy atom. The average molecular weight is 388 g/mol. The molecule has 0 aliphatic heterocycles. The van der Waals surface area contributed by atoms with E-state index in [2.05, 4.69) is 26.6 Å². The van der Waals surface area contributed by atoms with Gasteiger partial charge in [0.2, 0.25) is 0 Å². The number of urea groups is 1. The van der Waals surface area contributed by atoms with Gasteiger partial charge in [-0.05, 0) is 42.8 Å². The van der Waals surface area contributed by atoms with E-state index in [1.165, 1.54) is 0 Å². The lowest BCUT2D eigenvalue weighted by Crippen LogP contribution is -2.31. The predicted octanol–water partition coefficient (Wildman–Crippen LogP) is 5.64. The SMILES string of the molecule is CC(NC(=O)Nc1cc(Cl)cc(Cl)c1)c1cccc(Br)c1. The number of hydrogen-bond donors (Lipinski definition) is 2. The molecule has 0 bridgehead atoms. The van der Waals surface area contributed by atoms with Crippen molar-refractivity contribution < 1.29 is 4.79 Å². The maximum atomic E-state index is 12.0. The van der Waals surface area contributed by atoms with Crippen LogP contribution in [-0.2, 0) is 0 Å². The first kappa shape index (κ1) is 16.1. The Kier molecular flexibility index (Phi) is 5.51. The minimum absolute atomic E-state index is 0.128. The molecule has 0 saturated heterocycles. The van der Waals surface area contributed by atoms with Crippen molar-refractivity contribution in [3.8, 4) is 0 Å². The Morgan fingerprint density at radius 1 is 1.14 bits per heavy atom. The second-order valence-electron chi connectivity index (χ2n) is 4.53. The second-order valence-corrected chi connectivity index (χ2v) is 6.32. The monoisotopic (exact) mass is 386 g/mol. The minimum atomic E-state index is -0.319. The first-order valence-electron chi connectivity index (χ1n) is 6.23. The molecule has 0 aliphatic carbocycles. The van der Waals surface area contributed by atoms with Crippen molar-refractivity contribution in [2.45, 2.75) is 13.0 Å². The summed E-state index contributed by atoms with van der Waals surface area (Å²) in [5, 5.41) is 6.50. The van der Waals surface area contributed by atoms with Gasteiger partial charge in [-0.1, -0.05) is 51.3 Å². The zero-order chi connectivity index (χ0) is 15.4. The Hall–Kier alpha value is -1.23. The van der Waals surface area contributed by atoms with Gasteiger partial charge >= 0.3 is 6.03 Å². The van der Waals surface area contributed by atoms with E-state index < -0.39 is 0 Å². The highest BCUT2D eigenvalue weighted by Crippen LogP contribution is 2.23. The van der Waals surface area contributed by atoms with Crippen LogP contribution in [0, 0.1) is 0 Å². The molecule has 21 heavy (non-hydrogen) atoms. The van der Waals surface area contributed by atoms with E-state index in [1.807, 2.05) is 31.2 Å². The van der Waals surface area contributed by atoms with Gasteiger partial charge in [-0.25, -0.2) is 4.79 Å². The molecule has 0 aliphatic rings. The number of nitrogens with one attached hydrogen (secondary N) is 2. The lowest BCUT2D eigenvalue weighted by molar-refractivity contribution is 0.249. The van der Waals surface area contributed by atoms with Crippen molar-refractivity contribution >= 4 is 50.9 Å². The summed E-state index contributed by atoms with van der Waals surface area (Å²) in [5.41, 5.74) is 1.55. The molecule has 0 heterocycles. The molecular formula is C15H13BrCl2N2O. The second kappa shape index (κ2) is 7.16. The Bertz CT molecular complexity index is 644. The van der Waals surface area contributed by atoms with Crippen LogP contribution in [0.3, 0.4) is 0 Å². The molecule has 2 amide bonds. The quantitative estimate of drug-likeness (QED) is 0.702. The number of carbonyl (C=O) groups is 1. The lowest BCUT2D eigenvalue weighted by Gasteiger charge is -2.15. The van der Waals surface area contributed by atoms with Gasteiger partial charge in [-0.3, -0.25) is 0 Å².